The van der Waals surface area contributed by atoms with Crippen molar-refractivity contribution in [3.63, 3.8) is 0 Å². The van der Waals surface area contributed by atoms with Gasteiger partial charge in [0.1, 0.15) is 12.1 Å². The molecule has 0 saturated carbocycles. The summed E-state index contributed by atoms with van der Waals surface area (Å²) in [6.07, 6.45) is 8.07. The van der Waals surface area contributed by atoms with Crippen LogP contribution in [0.3, 0.4) is 0 Å². The maximum atomic E-state index is 11.7. The molecule has 0 aliphatic heterocycles. The van der Waals surface area contributed by atoms with Crippen molar-refractivity contribution >= 4 is 11.6 Å². The maximum Gasteiger partial charge on any atom is 0.294 e. The zero-order valence-corrected chi connectivity index (χ0v) is 9.72. The van der Waals surface area contributed by atoms with E-state index in [-0.39, 0.29) is 11.7 Å². The van der Waals surface area contributed by atoms with Crippen molar-refractivity contribution in [3.05, 3.63) is 55.1 Å². The van der Waals surface area contributed by atoms with Gasteiger partial charge >= 0.3 is 0 Å². The van der Waals surface area contributed by atoms with Crippen LogP contribution in [0, 0.1) is 0 Å². The Hall–Kier alpha value is -2.96. The minimum absolute atomic E-state index is 0.152. The largest absolute Gasteiger partial charge is 0.351 e. The quantitative estimate of drug-likeness (QED) is 0.766. The van der Waals surface area contributed by atoms with E-state index in [0.29, 0.717) is 5.69 Å². The van der Waals surface area contributed by atoms with Gasteiger partial charge < -0.3 is 9.84 Å². The molecule has 0 saturated heterocycles. The van der Waals surface area contributed by atoms with Gasteiger partial charge in [0.25, 0.3) is 5.91 Å². The predicted molar refractivity (Wildman–Crippen MR) is 65.8 cm³/mol. The molecule has 0 aliphatic carbocycles. The van der Waals surface area contributed by atoms with E-state index in [0.717, 1.165) is 5.82 Å². The number of carbonyl (C=O) groups is 1. The van der Waals surface area contributed by atoms with E-state index < -0.39 is 0 Å². The summed E-state index contributed by atoms with van der Waals surface area (Å²) in [5.74, 6) is 0.503. The van der Waals surface area contributed by atoms with Gasteiger partial charge in [0.2, 0.25) is 5.76 Å². The van der Waals surface area contributed by atoms with Gasteiger partial charge in [-0.05, 0) is 12.1 Å². The van der Waals surface area contributed by atoms with Crippen LogP contribution in [0.15, 0.2) is 53.8 Å². The van der Waals surface area contributed by atoms with Crippen LogP contribution < -0.4 is 5.32 Å². The Balaban J connectivity index is 1.75. The van der Waals surface area contributed by atoms with Crippen LogP contribution in [0.1, 0.15) is 10.6 Å². The molecule has 3 aromatic heterocycles. The SMILES string of the molecule is O=C(Nc1ccc(-n2ccnc2)nc1)c1ccno1. The molecule has 0 spiro atoms. The lowest BCUT2D eigenvalue weighted by molar-refractivity contribution is 0.0988. The predicted octanol–water partition coefficient (Wildman–Crippen LogP) is 1.51. The number of nitrogens with one attached hydrogen (secondary N) is 1. The Kier molecular flexibility index (Phi) is 2.77. The van der Waals surface area contributed by atoms with Crippen molar-refractivity contribution < 1.29 is 9.32 Å². The number of hydrogen-bond acceptors (Lipinski definition) is 5. The molecule has 3 rings (SSSR count). The van der Waals surface area contributed by atoms with E-state index in [4.69, 9.17) is 4.52 Å². The first-order valence-corrected chi connectivity index (χ1v) is 5.49. The topological polar surface area (TPSA) is 85.8 Å². The highest BCUT2D eigenvalue weighted by atomic mass is 16.5. The van der Waals surface area contributed by atoms with Crippen molar-refractivity contribution in [2.24, 2.45) is 0 Å². The molecule has 7 heteroatoms. The van der Waals surface area contributed by atoms with Crippen molar-refractivity contribution in [3.8, 4) is 5.82 Å². The Morgan fingerprint density at radius 1 is 1.26 bits per heavy atom. The van der Waals surface area contributed by atoms with E-state index in [9.17, 15) is 4.79 Å². The molecule has 0 unspecified atom stereocenters. The number of hydrogen-bond donors (Lipinski definition) is 1. The lowest BCUT2D eigenvalue weighted by Gasteiger charge is -2.04. The molecular formula is C12H9N5O2. The minimum atomic E-state index is -0.366. The molecule has 7 nitrogen and oxygen atoms in total. The number of aromatic nitrogens is 4. The molecule has 0 fully saturated rings. The standard InChI is InChI=1S/C12H9N5O2/c18-12(10-3-4-15-19-10)16-9-1-2-11(14-7-9)17-6-5-13-8-17/h1-8H,(H,16,18). The number of amides is 1. The van der Waals surface area contributed by atoms with Gasteiger partial charge in [-0.3, -0.25) is 9.36 Å². The highest BCUT2D eigenvalue weighted by Crippen LogP contribution is 2.11. The molecule has 1 amide bonds. The summed E-state index contributed by atoms with van der Waals surface area (Å²) in [7, 11) is 0. The Morgan fingerprint density at radius 3 is 2.84 bits per heavy atom. The summed E-state index contributed by atoms with van der Waals surface area (Å²) < 4.78 is 6.52. The first kappa shape index (κ1) is 11.1. The molecule has 0 aromatic carbocycles. The van der Waals surface area contributed by atoms with E-state index in [1.807, 2.05) is 0 Å². The highest BCUT2D eigenvalue weighted by molar-refractivity contribution is 6.01. The van der Waals surface area contributed by atoms with Crippen molar-refractivity contribution in [2.75, 3.05) is 5.32 Å². The van der Waals surface area contributed by atoms with Crippen LogP contribution in [0.4, 0.5) is 5.69 Å². The van der Waals surface area contributed by atoms with Crippen molar-refractivity contribution in [1.82, 2.24) is 19.7 Å². The molecule has 0 bridgehead atoms. The van der Waals surface area contributed by atoms with Gasteiger partial charge in [-0.15, -0.1) is 0 Å². The number of nitrogens with zero attached hydrogens (tertiary/aromatic N) is 4. The molecule has 3 aromatic rings. The molecular weight excluding hydrogens is 246 g/mol. The lowest BCUT2D eigenvalue weighted by Crippen LogP contribution is -2.11. The number of pyridine rings is 1. The second-order valence-corrected chi connectivity index (χ2v) is 3.71. The summed E-state index contributed by atoms with van der Waals surface area (Å²) in [5, 5.41) is 6.13. The molecule has 19 heavy (non-hydrogen) atoms. The molecule has 0 atom stereocenters. The smallest absolute Gasteiger partial charge is 0.294 e. The third-order valence-corrected chi connectivity index (χ3v) is 2.44. The average molecular weight is 255 g/mol. The van der Waals surface area contributed by atoms with Gasteiger partial charge in [-0.25, -0.2) is 9.97 Å². The van der Waals surface area contributed by atoms with E-state index in [2.05, 4.69) is 20.4 Å². The van der Waals surface area contributed by atoms with Crippen molar-refractivity contribution in [2.45, 2.75) is 0 Å². The minimum Gasteiger partial charge on any atom is -0.351 e. The number of anilines is 1. The van der Waals surface area contributed by atoms with Crippen LogP contribution >= 0.6 is 0 Å². The van der Waals surface area contributed by atoms with E-state index in [1.54, 1.807) is 41.6 Å². The van der Waals surface area contributed by atoms with Crippen molar-refractivity contribution in [1.29, 1.82) is 0 Å². The van der Waals surface area contributed by atoms with Gasteiger partial charge in [0, 0.05) is 18.5 Å². The van der Waals surface area contributed by atoms with Crippen LogP contribution in [0.2, 0.25) is 0 Å². The lowest BCUT2D eigenvalue weighted by atomic mass is 10.3. The maximum absolute atomic E-state index is 11.7. The summed E-state index contributed by atoms with van der Waals surface area (Å²) in [4.78, 5) is 19.9. The molecule has 1 N–H and O–H groups in total. The number of carbonyl (C=O) groups excluding carboxylic acids is 1. The number of rotatable bonds is 3. The first-order valence-electron chi connectivity index (χ1n) is 5.49. The fraction of sp³-hybridized carbons (Fsp3) is 0. The second kappa shape index (κ2) is 4.73. The summed E-state index contributed by atoms with van der Waals surface area (Å²) in [5.41, 5.74) is 0.574. The Morgan fingerprint density at radius 2 is 2.21 bits per heavy atom. The first-order chi connectivity index (χ1) is 9.33. The van der Waals surface area contributed by atoms with Crippen LogP contribution in [-0.2, 0) is 0 Å². The molecule has 3 heterocycles. The Labute approximate surface area is 107 Å². The third-order valence-electron chi connectivity index (χ3n) is 2.44. The molecule has 0 radical (unpaired) electrons. The van der Waals surface area contributed by atoms with Gasteiger partial charge in [0.05, 0.1) is 18.1 Å². The van der Waals surface area contributed by atoms with Gasteiger partial charge in [0.15, 0.2) is 0 Å². The normalized spacial score (nSPS) is 10.3. The average Bonchev–Trinajstić information content (AvgIpc) is 3.13. The third kappa shape index (κ3) is 2.34. The van der Waals surface area contributed by atoms with Crippen LogP contribution in [-0.4, -0.2) is 25.6 Å². The highest BCUT2D eigenvalue weighted by Gasteiger charge is 2.09. The summed E-state index contributed by atoms with van der Waals surface area (Å²) in [6, 6.07) is 5.01. The number of imidazole rings is 1. The molecule has 94 valence electrons. The Bertz CT molecular complexity index is 659. The summed E-state index contributed by atoms with van der Waals surface area (Å²) in [6.45, 7) is 0. The molecule has 0 aliphatic rings. The van der Waals surface area contributed by atoms with E-state index in [1.165, 1.54) is 12.3 Å². The summed E-state index contributed by atoms with van der Waals surface area (Å²) >= 11 is 0. The zero-order valence-electron chi connectivity index (χ0n) is 9.72. The monoisotopic (exact) mass is 255 g/mol. The second-order valence-electron chi connectivity index (χ2n) is 3.71. The fourth-order valence-corrected chi connectivity index (χ4v) is 1.53. The van der Waals surface area contributed by atoms with Crippen LogP contribution in [0.5, 0.6) is 0 Å². The zero-order chi connectivity index (χ0) is 13.1. The van der Waals surface area contributed by atoms with Gasteiger partial charge in [-0.2, -0.15) is 0 Å². The van der Waals surface area contributed by atoms with Crippen LogP contribution in [0.25, 0.3) is 5.82 Å². The van der Waals surface area contributed by atoms with E-state index >= 15 is 0 Å². The van der Waals surface area contributed by atoms with Gasteiger partial charge in [-0.1, -0.05) is 5.16 Å². The fourth-order valence-electron chi connectivity index (χ4n) is 1.53.